The van der Waals surface area contributed by atoms with E-state index < -0.39 is 5.60 Å². The zero-order valence-electron chi connectivity index (χ0n) is 9.68. The largest absolute Gasteiger partial charge is 0.389 e. The molecule has 2 heteroatoms. The molecule has 0 aliphatic heterocycles. The van der Waals surface area contributed by atoms with Gasteiger partial charge in [-0.25, -0.2) is 0 Å². The first-order valence-electron chi connectivity index (χ1n) is 6.09. The van der Waals surface area contributed by atoms with Gasteiger partial charge in [0.05, 0.1) is 5.60 Å². The quantitative estimate of drug-likeness (QED) is 0.712. The van der Waals surface area contributed by atoms with Gasteiger partial charge in [0.2, 0.25) is 0 Å². The predicted molar refractivity (Wildman–Crippen MR) is 60.4 cm³/mol. The van der Waals surface area contributed by atoms with Crippen LogP contribution in [0, 0.1) is 5.92 Å². The van der Waals surface area contributed by atoms with Gasteiger partial charge in [0, 0.05) is 6.54 Å². The molecular formula is C12H25NO. The number of hydrogen-bond acceptors (Lipinski definition) is 2. The minimum atomic E-state index is -0.397. The number of rotatable bonds is 5. The highest BCUT2D eigenvalue weighted by atomic mass is 16.3. The molecule has 0 aromatic rings. The maximum absolute atomic E-state index is 10.2. The van der Waals surface area contributed by atoms with Crippen LogP contribution in [-0.2, 0) is 0 Å². The highest BCUT2D eigenvalue weighted by Gasteiger charge is 2.28. The lowest BCUT2D eigenvalue weighted by Gasteiger charge is -2.32. The van der Waals surface area contributed by atoms with Gasteiger partial charge >= 0.3 is 0 Å². The summed E-state index contributed by atoms with van der Waals surface area (Å²) in [5, 5.41) is 13.6. The van der Waals surface area contributed by atoms with Crippen LogP contribution in [0.25, 0.3) is 0 Å². The Morgan fingerprint density at radius 3 is 2.50 bits per heavy atom. The van der Waals surface area contributed by atoms with Crippen molar-refractivity contribution >= 4 is 0 Å². The summed E-state index contributed by atoms with van der Waals surface area (Å²) in [5.41, 5.74) is -0.397. The Hall–Kier alpha value is -0.0800. The summed E-state index contributed by atoms with van der Waals surface area (Å²) < 4.78 is 0. The van der Waals surface area contributed by atoms with Crippen molar-refractivity contribution in [3.8, 4) is 0 Å². The first kappa shape index (κ1) is 12.0. The minimum Gasteiger partial charge on any atom is -0.389 e. The second-order valence-electron chi connectivity index (χ2n) is 4.93. The average Bonchev–Trinajstić information content (AvgIpc) is 2.18. The lowest BCUT2D eigenvalue weighted by molar-refractivity contribution is 0.00443. The van der Waals surface area contributed by atoms with E-state index in [9.17, 15) is 5.11 Å². The smallest absolute Gasteiger partial charge is 0.0771 e. The van der Waals surface area contributed by atoms with Crippen LogP contribution < -0.4 is 5.32 Å². The lowest BCUT2D eigenvalue weighted by atomic mass is 9.85. The monoisotopic (exact) mass is 199 g/mol. The fourth-order valence-electron chi connectivity index (χ4n) is 2.08. The van der Waals surface area contributed by atoms with Gasteiger partial charge in [0.15, 0.2) is 0 Å². The van der Waals surface area contributed by atoms with E-state index in [0.29, 0.717) is 0 Å². The fourth-order valence-corrected chi connectivity index (χ4v) is 2.08. The first-order valence-corrected chi connectivity index (χ1v) is 6.09. The zero-order chi connectivity index (χ0) is 10.4. The summed E-state index contributed by atoms with van der Waals surface area (Å²) in [5.74, 6) is 0.724. The second-order valence-corrected chi connectivity index (χ2v) is 4.93. The Labute approximate surface area is 88.1 Å². The van der Waals surface area contributed by atoms with Gasteiger partial charge in [-0.2, -0.15) is 0 Å². The Morgan fingerprint density at radius 2 is 1.93 bits per heavy atom. The molecule has 0 heterocycles. The Morgan fingerprint density at radius 1 is 1.29 bits per heavy atom. The summed E-state index contributed by atoms with van der Waals surface area (Å²) in [6.45, 7) is 6.29. The highest BCUT2D eigenvalue weighted by molar-refractivity contribution is 4.84. The molecule has 14 heavy (non-hydrogen) atoms. The van der Waals surface area contributed by atoms with Crippen LogP contribution >= 0.6 is 0 Å². The summed E-state index contributed by atoms with van der Waals surface area (Å²) in [7, 11) is 0. The van der Waals surface area contributed by atoms with Gasteiger partial charge in [-0.1, -0.05) is 39.5 Å². The normalized spacial score (nSPS) is 23.4. The topological polar surface area (TPSA) is 32.3 Å². The van der Waals surface area contributed by atoms with Gasteiger partial charge in [0.25, 0.3) is 0 Å². The Kier molecular flexibility index (Phi) is 4.90. The molecule has 1 fully saturated rings. The maximum atomic E-state index is 10.2. The van der Waals surface area contributed by atoms with Crippen molar-refractivity contribution in [2.24, 2.45) is 5.92 Å². The van der Waals surface area contributed by atoms with Crippen molar-refractivity contribution in [3.63, 3.8) is 0 Å². The SMILES string of the molecule is CCC(C)CNCC1(O)CCCCC1. The van der Waals surface area contributed by atoms with Gasteiger partial charge in [-0.3, -0.25) is 0 Å². The average molecular weight is 199 g/mol. The third kappa shape index (κ3) is 3.97. The molecule has 1 rings (SSSR count). The van der Waals surface area contributed by atoms with Crippen LogP contribution in [0.2, 0.25) is 0 Å². The molecule has 1 aliphatic rings. The summed E-state index contributed by atoms with van der Waals surface area (Å²) in [6, 6.07) is 0. The number of nitrogens with one attached hydrogen (secondary N) is 1. The van der Waals surface area contributed by atoms with E-state index in [1.807, 2.05) is 0 Å². The summed E-state index contributed by atoms with van der Waals surface area (Å²) in [6.07, 6.45) is 6.88. The molecule has 0 spiro atoms. The molecule has 84 valence electrons. The molecule has 2 N–H and O–H groups in total. The van der Waals surface area contributed by atoms with Crippen molar-refractivity contribution in [1.29, 1.82) is 0 Å². The van der Waals surface area contributed by atoms with E-state index in [1.54, 1.807) is 0 Å². The number of aliphatic hydroxyl groups is 1. The van der Waals surface area contributed by atoms with E-state index in [4.69, 9.17) is 0 Å². The molecule has 2 nitrogen and oxygen atoms in total. The van der Waals surface area contributed by atoms with Crippen LogP contribution in [-0.4, -0.2) is 23.8 Å². The Bertz CT molecular complexity index is 152. The molecule has 0 amide bonds. The van der Waals surface area contributed by atoms with Crippen molar-refractivity contribution < 1.29 is 5.11 Å². The molecule has 0 bridgehead atoms. The van der Waals surface area contributed by atoms with Crippen LogP contribution in [0.5, 0.6) is 0 Å². The van der Waals surface area contributed by atoms with E-state index >= 15 is 0 Å². The van der Waals surface area contributed by atoms with Crippen molar-refractivity contribution in [1.82, 2.24) is 5.32 Å². The third-order valence-corrected chi connectivity index (χ3v) is 3.43. The maximum Gasteiger partial charge on any atom is 0.0771 e. The molecule has 0 aromatic carbocycles. The highest BCUT2D eigenvalue weighted by Crippen LogP contribution is 2.27. The first-order chi connectivity index (χ1) is 6.66. The van der Waals surface area contributed by atoms with E-state index in [-0.39, 0.29) is 0 Å². The summed E-state index contributed by atoms with van der Waals surface area (Å²) >= 11 is 0. The van der Waals surface area contributed by atoms with E-state index in [0.717, 1.165) is 31.8 Å². The molecule has 1 aliphatic carbocycles. The fraction of sp³-hybridized carbons (Fsp3) is 1.00. The standard InChI is InChI=1S/C12H25NO/c1-3-11(2)9-13-10-12(14)7-5-4-6-8-12/h11,13-14H,3-10H2,1-2H3. The molecule has 0 aromatic heterocycles. The van der Waals surface area contributed by atoms with Crippen LogP contribution in [0.4, 0.5) is 0 Å². The molecule has 0 saturated heterocycles. The van der Waals surface area contributed by atoms with Crippen molar-refractivity contribution in [3.05, 3.63) is 0 Å². The van der Waals surface area contributed by atoms with Crippen LogP contribution in [0.15, 0.2) is 0 Å². The van der Waals surface area contributed by atoms with Crippen LogP contribution in [0.3, 0.4) is 0 Å². The van der Waals surface area contributed by atoms with Gasteiger partial charge in [0.1, 0.15) is 0 Å². The number of hydrogen-bond donors (Lipinski definition) is 2. The van der Waals surface area contributed by atoms with Gasteiger partial charge in [-0.15, -0.1) is 0 Å². The van der Waals surface area contributed by atoms with Gasteiger partial charge < -0.3 is 10.4 Å². The molecular weight excluding hydrogens is 174 g/mol. The van der Waals surface area contributed by atoms with Crippen LogP contribution in [0.1, 0.15) is 52.4 Å². The zero-order valence-corrected chi connectivity index (χ0v) is 9.68. The minimum absolute atomic E-state index is 0.397. The van der Waals surface area contributed by atoms with E-state index in [2.05, 4.69) is 19.2 Å². The van der Waals surface area contributed by atoms with E-state index in [1.165, 1.54) is 25.7 Å². The molecule has 1 unspecified atom stereocenters. The molecule has 1 saturated carbocycles. The van der Waals surface area contributed by atoms with Crippen molar-refractivity contribution in [2.45, 2.75) is 58.0 Å². The second kappa shape index (κ2) is 5.72. The summed E-state index contributed by atoms with van der Waals surface area (Å²) in [4.78, 5) is 0. The molecule has 1 atom stereocenters. The van der Waals surface area contributed by atoms with Crippen molar-refractivity contribution in [2.75, 3.05) is 13.1 Å². The lowest BCUT2D eigenvalue weighted by Crippen LogP contribution is -2.43. The predicted octanol–water partition coefficient (Wildman–Crippen LogP) is 2.32. The van der Waals surface area contributed by atoms with Gasteiger partial charge in [-0.05, 0) is 25.3 Å². The Balaban J connectivity index is 2.15. The third-order valence-electron chi connectivity index (χ3n) is 3.43. The molecule has 0 radical (unpaired) electrons.